The molecule has 0 radical (unpaired) electrons. The van der Waals surface area contributed by atoms with Gasteiger partial charge in [-0.25, -0.2) is 0 Å². The highest BCUT2D eigenvalue weighted by Crippen LogP contribution is 2.11. The number of amides is 1. The molecule has 1 saturated heterocycles. The number of hydrogen-bond donors (Lipinski definition) is 0. The van der Waals surface area contributed by atoms with Crippen LogP contribution in [-0.2, 0) is 9.59 Å². The Labute approximate surface area is 105 Å². The highest BCUT2D eigenvalue weighted by Gasteiger charge is 2.19. The van der Waals surface area contributed by atoms with Gasteiger partial charge >= 0.3 is 0 Å². The summed E-state index contributed by atoms with van der Waals surface area (Å²) in [5.74, 6) is 0.166. The largest absolute Gasteiger partial charge is 0.342 e. The van der Waals surface area contributed by atoms with Crippen LogP contribution < -0.4 is 0 Å². The van der Waals surface area contributed by atoms with E-state index < -0.39 is 0 Å². The summed E-state index contributed by atoms with van der Waals surface area (Å²) in [5, 5.41) is 0. The van der Waals surface area contributed by atoms with Gasteiger partial charge in [0.05, 0.1) is 6.42 Å². The minimum atomic E-state index is 0.0426. The Morgan fingerprint density at radius 1 is 1.00 bits per heavy atom. The van der Waals surface area contributed by atoms with Gasteiger partial charge < -0.3 is 4.90 Å². The Bertz CT molecular complexity index is 245. The normalized spacial score (nSPS) is 15.2. The SMILES string of the molecule is CCCCCCCC(=O)CC(=O)N1CCCC1. The molecule has 0 atom stereocenters. The van der Waals surface area contributed by atoms with Crippen LogP contribution in [-0.4, -0.2) is 29.7 Å². The first-order valence-corrected chi connectivity index (χ1v) is 7.03. The van der Waals surface area contributed by atoms with E-state index in [9.17, 15) is 9.59 Å². The van der Waals surface area contributed by atoms with Gasteiger partial charge in [-0.2, -0.15) is 0 Å². The molecule has 0 aromatic heterocycles. The van der Waals surface area contributed by atoms with Gasteiger partial charge in [-0.15, -0.1) is 0 Å². The quantitative estimate of drug-likeness (QED) is 0.482. The first-order chi connectivity index (χ1) is 8.24. The highest BCUT2D eigenvalue weighted by atomic mass is 16.2. The lowest BCUT2D eigenvalue weighted by atomic mass is 10.1. The summed E-state index contributed by atoms with van der Waals surface area (Å²) < 4.78 is 0. The summed E-state index contributed by atoms with van der Waals surface area (Å²) in [7, 11) is 0. The molecule has 0 aliphatic carbocycles. The van der Waals surface area contributed by atoms with Crippen LogP contribution in [0.5, 0.6) is 0 Å². The zero-order valence-electron chi connectivity index (χ0n) is 11.0. The molecular formula is C14H25NO2. The smallest absolute Gasteiger partial charge is 0.230 e. The van der Waals surface area contributed by atoms with E-state index in [1.807, 2.05) is 4.90 Å². The second kappa shape index (κ2) is 8.26. The van der Waals surface area contributed by atoms with Crippen LogP contribution in [0.3, 0.4) is 0 Å². The molecule has 1 aliphatic heterocycles. The molecule has 0 N–H and O–H groups in total. The topological polar surface area (TPSA) is 37.4 Å². The molecule has 0 aromatic carbocycles. The third-order valence-electron chi connectivity index (χ3n) is 3.37. The molecule has 3 nitrogen and oxygen atoms in total. The minimum Gasteiger partial charge on any atom is -0.342 e. The molecule has 1 fully saturated rings. The Kier molecular flexibility index (Phi) is 6.90. The molecule has 1 amide bonds. The second-order valence-corrected chi connectivity index (χ2v) is 4.97. The van der Waals surface area contributed by atoms with Gasteiger partial charge in [0.2, 0.25) is 5.91 Å². The summed E-state index contributed by atoms with van der Waals surface area (Å²) >= 11 is 0. The van der Waals surface area contributed by atoms with E-state index in [-0.39, 0.29) is 18.1 Å². The zero-order valence-corrected chi connectivity index (χ0v) is 11.0. The summed E-state index contributed by atoms with van der Waals surface area (Å²) in [6.07, 6.45) is 8.67. The summed E-state index contributed by atoms with van der Waals surface area (Å²) in [5.41, 5.74) is 0. The van der Waals surface area contributed by atoms with Crippen molar-refractivity contribution < 1.29 is 9.59 Å². The van der Waals surface area contributed by atoms with Crippen LogP contribution in [0.2, 0.25) is 0 Å². The highest BCUT2D eigenvalue weighted by molar-refractivity contribution is 5.98. The van der Waals surface area contributed by atoms with Crippen LogP contribution >= 0.6 is 0 Å². The van der Waals surface area contributed by atoms with Gasteiger partial charge in [-0.1, -0.05) is 32.6 Å². The Morgan fingerprint density at radius 2 is 1.65 bits per heavy atom. The van der Waals surface area contributed by atoms with Gasteiger partial charge in [-0.05, 0) is 19.3 Å². The number of ketones is 1. The molecule has 0 spiro atoms. The Morgan fingerprint density at radius 3 is 2.29 bits per heavy atom. The summed E-state index contributed by atoms with van der Waals surface area (Å²) in [6.45, 7) is 3.88. The first-order valence-electron chi connectivity index (χ1n) is 7.03. The monoisotopic (exact) mass is 239 g/mol. The number of carbonyl (C=O) groups is 2. The molecule has 98 valence electrons. The maximum Gasteiger partial charge on any atom is 0.230 e. The van der Waals surface area contributed by atoms with E-state index in [0.717, 1.165) is 38.8 Å². The lowest BCUT2D eigenvalue weighted by Crippen LogP contribution is -2.29. The fourth-order valence-electron chi connectivity index (χ4n) is 2.26. The number of rotatable bonds is 8. The number of nitrogens with zero attached hydrogens (tertiary/aromatic N) is 1. The van der Waals surface area contributed by atoms with Gasteiger partial charge in [-0.3, -0.25) is 9.59 Å². The first kappa shape index (κ1) is 14.2. The van der Waals surface area contributed by atoms with Gasteiger partial charge in [0.1, 0.15) is 5.78 Å². The second-order valence-electron chi connectivity index (χ2n) is 4.97. The van der Waals surface area contributed by atoms with Crippen molar-refractivity contribution in [1.82, 2.24) is 4.90 Å². The van der Waals surface area contributed by atoms with Crippen LogP contribution in [0, 0.1) is 0 Å². The van der Waals surface area contributed by atoms with Crippen molar-refractivity contribution in [1.29, 1.82) is 0 Å². The third kappa shape index (κ3) is 5.85. The van der Waals surface area contributed by atoms with E-state index in [4.69, 9.17) is 0 Å². The average Bonchev–Trinajstić information content (AvgIpc) is 2.82. The van der Waals surface area contributed by atoms with E-state index in [1.165, 1.54) is 19.3 Å². The fourth-order valence-corrected chi connectivity index (χ4v) is 2.26. The van der Waals surface area contributed by atoms with Crippen LogP contribution in [0.4, 0.5) is 0 Å². The number of carbonyl (C=O) groups excluding carboxylic acids is 2. The standard InChI is InChI=1S/C14H25NO2/c1-2-3-4-5-6-9-13(16)12-14(17)15-10-7-8-11-15/h2-12H2,1H3. The van der Waals surface area contributed by atoms with Crippen LogP contribution in [0.15, 0.2) is 0 Å². The van der Waals surface area contributed by atoms with Crippen molar-refractivity contribution in [3.05, 3.63) is 0 Å². The van der Waals surface area contributed by atoms with Crippen molar-refractivity contribution in [2.24, 2.45) is 0 Å². The summed E-state index contributed by atoms with van der Waals surface area (Å²) in [4.78, 5) is 25.1. The lowest BCUT2D eigenvalue weighted by Gasteiger charge is -2.14. The molecule has 1 rings (SSSR count). The summed E-state index contributed by atoms with van der Waals surface area (Å²) in [6, 6.07) is 0. The van der Waals surface area contributed by atoms with Crippen LogP contribution in [0.1, 0.15) is 64.7 Å². The number of Topliss-reactive ketones (excluding diaryl/α,β-unsaturated/α-hetero) is 1. The maximum atomic E-state index is 11.7. The number of hydrogen-bond acceptors (Lipinski definition) is 2. The molecule has 17 heavy (non-hydrogen) atoms. The van der Waals surface area contributed by atoms with Gasteiger partial charge in [0.15, 0.2) is 0 Å². The Balaban J connectivity index is 2.05. The predicted molar refractivity (Wildman–Crippen MR) is 68.8 cm³/mol. The van der Waals surface area contributed by atoms with E-state index >= 15 is 0 Å². The van der Waals surface area contributed by atoms with E-state index in [1.54, 1.807) is 0 Å². The lowest BCUT2D eigenvalue weighted by molar-refractivity contribution is -0.134. The number of likely N-dealkylation sites (tertiary alicyclic amines) is 1. The van der Waals surface area contributed by atoms with Crippen LogP contribution in [0.25, 0.3) is 0 Å². The third-order valence-corrected chi connectivity index (χ3v) is 3.37. The van der Waals surface area contributed by atoms with Crippen molar-refractivity contribution in [3.63, 3.8) is 0 Å². The van der Waals surface area contributed by atoms with Crippen molar-refractivity contribution in [2.75, 3.05) is 13.1 Å². The molecule has 1 heterocycles. The minimum absolute atomic E-state index is 0.0426. The van der Waals surface area contributed by atoms with E-state index in [2.05, 4.69) is 6.92 Å². The maximum absolute atomic E-state index is 11.7. The predicted octanol–water partition coefficient (Wildman–Crippen LogP) is 2.93. The van der Waals surface area contributed by atoms with Crippen molar-refractivity contribution >= 4 is 11.7 Å². The fraction of sp³-hybridized carbons (Fsp3) is 0.857. The van der Waals surface area contributed by atoms with Crippen molar-refractivity contribution in [2.45, 2.75) is 64.7 Å². The average molecular weight is 239 g/mol. The molecular weight excluding hydrogens is 214 g/mol. The Hall–Kier alpha value is -0.860. The zero-order chi connectivity index (χ0) is 12.5. The van der Waals surface area contributed by atoms with E-state index in [0.29, 0.717) is 6.42 Å². The molecule has 3 heteroatoms. The molecule has 0 bridgehead atoms. The molecule has 0 aromatic rings. The molecule has 0 unspecified atom stereocenters. The van der Waals surface area contributed by atoms with Crippen molar-refractivity contribution in [3.8, 4) is 0 Å². The number of unbranched alkanes of at least 4 members (excludes halogenated alkanes) is 4. The van der Waals surface area contributed by atoms with Gasteiger partial charge in [0.25, 0.3) is 0 Å². The molecule has 1 aliphatic rings. The molecule has 0 saturated carbocycles. The van der Waals surface area contributed by atoms with Gasteiger partial charge in [0, 0.05) is 19.5 Å².